The number of anilines is 1. The number of fused-ring (bicyclic) bond motifs is 1. The summed E-state index contributed by atoms with van der Waals surface area (Å²) in [4.78, 5) is 51.7. The van der Waals surface area contributed by atoms with E-state index in [0.717, 1.165) is 12.8 Å². The molecule has 2 fully saturated rings. The number of nitro groups is 1. The average molecular weight is 445 g/mol. The maximum atomic E-state index is 13.5. The van der Waals surface area contributed by atoms with E-state index < -0.39 is 16.9 Å². The first-order valence-electron chi connectivity index (χ1n) is 11.1. The van der Waals surface area contributed by atoms with Crippen molar-refractivity contribution < 1.29 is 19.3 Å². The Kier molecular flexibility index (Phi) is 5.28. The summed E-state index contributed by atoms with van der Waals surface area (Å²) >= 11 is 0. The molecule has 5 atom stereocenters. The minimum absolute atomic E-state index is 0.0663. The lowest BCUT2D eigenvalue weighted by molar-refractivity contribution is -0.384. The van der Waals surface area contributed by atoms with Crippen LogP contribution >= 0.6 is 0 Å². The molecule has 2 aromatic carbocycles. The molecule has 3 amide bonds. The molecule has 1 saturated carbocycles. The predicted octanol–water partition coefficient (Wildman–Crippen LogP) is 3.86. The number of rotatable bonds is 6. The van der Waals surface area contributed by atoms with Crippen LogP contribution in [0.3, 0.4) is 0 Å². The number of nitrogens with zero attached hydrogens (tertiary/aromatic N) is 2. The quantitative estimate of drug-likeness (QED) is 0.314. The van der Waals surface area contributed by atoms with E-state index in [1.165, 1.54) is 23.1 Å². The molecule has 1 saturated heterocycles. The minimum atomic E-state index is -0.741. The summed E-state index contributed by atoms with van der Waals surface area (Å²) in [6.07, 6.45) is 5.80. The first-order valence-corrected chi connectivity index (χ1v) is 11.1. The van der Waals surface area contributed by atoms with E-state index in [2.05, 4.69) is 17.5 Å². The Hall–Kier alpha value is -3.81. The Balaban J connectivity index is 1.42. The van der Waals surface area contributed by atoms with E-state index in [0.29, 0.717) is 5.56 Å². The molecule has 2 bridgehead atoms. The van der Waals surface area contributed by atoms with E-state index in [9.17, 15) is 24.5 Å². The highest BCUT2D eigenvalue weighted by Crippen LogP contribution is 2.51. The van der Waals surface area contributed by atoms with Crippen LogP contribution in [0.2, 0.25) is 0 Å². The van der Waals surface area contributed by atoms with Crippen molar-refractivity contribution in [3.8, 4) is 0 Å². The van der Waals surface area contributed by atoms with E-state index in [-0.39, 0.29) is 53.3 Å². The second-order valence-electron chi connectivity index (χ2n) is 8.87. The monoisotopic (exact) mass is 445 g/mol. The molecule has 168 valence electrons. The zero-order valence-electron chi connectivity index (χ0n) is 17.8. The van der Waals surface area contributed by atoms with E-state index in [1.54, 1.807) is 18.2 Å². The molecule has 3 aliphatic carbocycles. The summed E-state index contributed by atoms with van der Waals surface area (Å²) in [5.74, 6) is -1.42. The van der Waals surface area contributed by atoms with Gasteiger partial charge in [-0.25, -0.2) is 0 Å². The van der Waals surface area contributed by atoms with Crippen LogP contribution in [0.4, 0.5) is 11.4 Å². The van der Waals surface area contributed by atoms with Crippen LogP contribution in [0.15, 0.2) is 66.7 Å². The van der Waals surface area contributed by atoms with Crippen molar-refractivity contribution in [3.05, 3.63) is 82.4 Å². The number of nitrogens with one attached hydrogen (secondary N) is 1. The Morgan fingerprint density at radius 1 is 1.00 bits per heavy atom. The molecule has 1 heterocycles. The first-order chi connectivity index (χ1) is 15.9. The van der Waals surface area contributed by atoms with Gasteiger partial charge < -0.3 is 5.32 Å². The van der Waals surface area contributed by atoms with Crippen molar-refractivity contribution in [2.24, 2.45) is 23.7 Å². The Bertz CT molecular complexity index is 1130. The molecule has 1 aliphatic heterocycles. The Labute approximate surface area is 190 Å². The minimum Gasteiger partial charge on any atom is -0.326 e. The molecule has 0 aromatic heterocycles. The lowest BCUT2D eigenvalue weighted by Gasteiger charge is -2.38. The van der Waals surface area contributed by atoms with Crippen molar-refractivity contribution >= 4 is 29.1 Å². The van der Waals surface area contributed by atoms with Crippen LogP contribution in [0, 0.1) is 33.8 Å². The predicted molar refractivity (Wildman–Crippen MR) is 120 cm³/mol. The first kappa shape index (κ1) is 21.1. The zero-order chi connectivity index (χ0) is 23.1. The molecule has 1 N–H and O–H groups in total. The largest absolute Gasteiger partial charge is 0.326 e. The maximum Gasteiger partial charge on any atom is 0.271 e. The topological polar surface area (TPSA) is 110 Å². The van der Waals surface area contributed by atoms with Crippen LogP contribution in [-0.2, 0) is 14.4 Å². The molecule has 4 aliphatic rings. The van der Waals surface area contributed by atoms with Gasteiger partial charge >= 0.3 is 0 Å². The molecule has 0 unspecified atom stereocenters. The van der Waals surface area contributed by atoms with Gasteiger partial charge in [0.15, 0.2) is 0 Å². The molecular formula is C25H23N3O5. The van der Waals surface area contributed by atoms with Crippen molar-refractivity contribution in [3.63, 3.8) is 0 Å². The van der Waals surface area contributed by atoms with Crippen molar-refractivity contribution in [1.29, 1.82) is 0 Å². The highest BCUT2D eigenvalue weighted by atomic mass is 16.6. The van der Waals surface area contributed by atoms with Crippen LogP contribution in [0.25, 0.3) is 0 Å². The number of hydrogen-bond donors (Lipinski definition) is 1. The summed E-state index contributed by atoms with van der Waals surface area (Å²) < 4.78 is 0. The van der Waals surface area contributed by atoms with Gasteiger partial charge in [-0.05, 0) is 36.3 Å². The number of likely N-dealkylation sites (tertiary alicyclic amines) is 1. The van der Waals surface area contributed by atoms with E-state index in [4.69, 9.17) is 0 Å². The number of nitro benzene ring substituents is 1. The van der Waals surface area contributed by atoms with Gasteiger partial charge in [-0.1, -0.05) is 48.6 Å². The molecule has 8 nitrogen and oxygen atoms in total. The summed E-state index contributed by atoms with van der Waals surface area (Å²) in [6.45, 7) is 0. The second-order valence-corrected chi connectivity index (χ2v) is 8.87. The molecule has 8 heteroatoms. The SMILES string of the molecule is O=C(C[C@H](c1ccccc1)N1C(=O)[C@H]2[C@H](C1=O)[C@H]1C=C[C@H]2CC1)Nc1cccc([N+](=O)[O-])c1. The number of benzene rings is 2. The number of non-ortho nitro benzene ring substituents is 1. The second kappa shape index (κ2) is 8.27. The molecule has 0 radical (unpaired) electrons. The van der Waals surface area contributed by atoms with Crippen molar-refractivity contribution in [2.45, 2.75) is 25.3 Å². The van der Waals surface area contributed by atoms with Gasteiger partial charge in [0.2, 0.25) is 17.7 Å². The average Bonchev–Trinajstić information content (AvgIpc) is 3.11. The van der Waals surface area contributed by atoms with Crippen molar-refractivity contribution in [2.75, 3.05) is 5.32 Å². The lowest BCUT2D eigenvalue weighted by atomic mass is 9.63. The molecule has 0 spiro atoms. The highest BCUT2D eigenvalue weighted by molar-refractivity contribution is 6.07. The maximum absolute atomic E-state index is 13.5. The van der Waals surface area contributed by atoms with Crippen LogP contribution in [0.5, 0.6) is 0 Å². The van der Waals surface area contributed by atoms with Gasteiger partial charge in [-0.3, -0.25) is 29.4 Å². The number of imide groups is 1. The fourth-order valence-corrected chi connectivity index (χ4v) is 5.52. The number of amides is 3. The van der Waals surface area contributed by atoms with Gasteiger partial charge in [-0.2, -0.15) is 0 Å². The van der Waals surface area contributed by atoms with Crippen LogP contribution in [-0.4, -0.2) is 27.5 Å². The number of allylic oxidation sites excluding steroid dienone is 2. The van der Waals surface area contributed by atoms with Crippen molar-refractivity contribution in [1.82, 2.24) is 4.90 Å². The van der Waals surface area contributed by atoms with Gasteiger partial charge in [-0.15, -0.1) is 0 Å². The standard InChI is InChI=1S/C25H23N3O5/c29-21(26-18-7-4-8-19(13-18)28(32)33)14-20(15-5-2-1-3-6-15)27-24(30)22-16-9-10-17(12-11-16)23(22)25(27)31/h1-10,13,16-17,20,22-23H,11-12,14H2,(H,26,29)/t16-,17-,20+,22+,23+/m0/s1. The molecule has 33 heavy (non-hydrogen) atoms. The number of carbonyl (C=O) groups is 3. The Morgan fingerprint density at radius 2 is 1.64 bits per heavy atom. The molecule has 6 rings (SSSR count). The lowest BCUT2D eigenvalue weighted by Crippen LogP contribution is -2.38. The van der Waals surface area contributed by atoms with E-state index in [1.807, 2.05) is 18.2 Å². The third kappa shape index (κ3) is 3.71. The third-order valence-electron chi connectivity index (χ3n) is 7.01. The fourth-order valence-electron chi connectivity index (χ4n) is 5.52. The zero-order valence-corrected chi connectivity index (χ0v) is 17.8. The summed E-state index contributed by atoms with van der Waals surface area (Å²) in [7, 11) is 0. The highest BCUT2D eigenvalue weighted by Gasteiger charge is 2.58. The smallest absolute Gasteiger partial charge is 0.271 e. The fraction of sp³-hybridized carbons (Fsp3) is 0.320. The number of carbonyl (C=O) groups excluding carboxylic acids is 3. The van der Waals surface area contributed by atoms with Crippen LogP contribution in [0.1, 0.15) is 30.9 Å². The molecule has 2 aromatic rings. The molecular weight excluding hydrogens is 422 g/mol. The third-order valence-corrected chi connectivity index (χ3v) is 7.01. The normalized spacial score (nSPS) is 26.2. The Morgan fingerprint density at radius 3 is 2.21 bits per heavy atom. The summed E-state index contributed by atoms with van der Waals surface area (Å²) in [6, 6.07) is 14.0. The summed E-state index contributed by atoms with van der Waals surface area (Å²) in [5, 5.41) is 13.7. The van der Waals surface area contributed by atoms with Gasteiger partial charge in [0.05, 0.1) is 29.2 Å². The van der Waals surface area contributed by atoms with Crippen LogP contribution < -0.4 is 5.32 Å². The number of hydrogen-bond acceptors (Lipinski definition) is 5. The summed E-state index contributed by atoms with van der Waals surface area (Å²) in [5.41, 5.74) is 0.854. The van der Waals surface area contributed by atoms with E-state index >= 15 is 0 Å². The van der Waals surface area contributed by atoms with Gasteiger partial charge in [0, 0.05) is 17.8 Å². The van der Waals surface area contributed by atoms with Gasteiger partial charge in [0.25, 0.3) is 5.69 Å². The van der Waals surface area contributed by atoms with Gasteiger partial charge in [0.1, 0.15) is 0 Å².